The van der Waals surface area contributed by atoms with Crippen molar-refractivity contribution in [3.05, 3.63) is 0 Å². The van der Waals surface area contributed by atoms with E-state index in [0.717, 1.165) is 0 Å². The van der Waals surface area contributed by atoms with E-state index in [4.69, 9.17) is 21.9 Å². The Morgan fingerprint density at radius 3 is 2.10 bits per heavy atom. The van der Waals surface area contributed by atoms with Crippen molar-refractivity contribution in [2.75, 3.05) is 0 Å². The van der Waals surface area contributed by atoms with Gasteiger partial charge in [-0.2, -0.15) is 0 Å². The van der Waals surface area contributed by atoms with Gasteiger partial charge in [-0.15, -0.1) is 0 Å². The Bertz CT molecular complexity index is 468. The molecule has 0 aromatic rings. The van der Waals surface area contributed by atoms with E-state index in [1.54, 1.807) is 0 Å². The summed E-state index contributed by atoms with van der Waals surface area (Å²) < 4.78 is 123. The van der Waals surface area contributed by atoms with E-state index in [2.05, 4.69) is 0 Å². The van der Waals surface area contributed by atoms with Gasteiger partial charge >= 0.3 is 0 Å². The Hall–Kier alpha value is -0.0400. The monoisotopic (exact) mass is 157 g/mol. The van der Waals surface area contributed by atoms with Gasteiger partial charge in [0.25, 0.3) is 0 Å². The third-order valence-corrected chi connectivity index (χ3v) is 1.08. The maximum absolute atomic E-state index is 7.96. The molecule has 60 valence electrons. The van der Waals surface area contributed by atoms with Crippen LogP contribution in [0.1, 0.15) is 68.5 Å². The molecule has 1 aliphatic rings. The van der Waals surface area contributed by atoms with Crippen LogP contribution < -0.4 is 5.32 Å². The second kappa shape index (κ2) is 2.23. The highest BCUT2D eigenvalue weighted by Gasteiger charge is 2.31. The van der Waals surface area contributed by atoms with Crippen molar-refractivity contribution < 1.29 is 21.9 Å². The van der Waals surface area contributed by atoms with E-state index >= 15 is 0 Å². The number of nitrogens with one attached hydrogen (secondary N) is 1. The first-order valence-corrected chi connectivity index (χ1v) is 2.71. The summed E-state index contributed by atoms with van der Waals surface area (Å²) in [5.41, 5.74) is -7.25. The highest BCUT2D eigenvalue weighted by Crippen LogP contribution is 2.27. The normalized spacial score (nSPS) is 68.8. The van der Waals surface area contributed by atoms with Gasteiger partial charge in [0.05, 0.1) is 0 Å². The molecule has 1 N–H and O–H groups in total. The number of hydrogen-bond acceptors (Lipinski definition) is 1. The van der Waals surface area contributed by atoms with Crippen molar-refractivity contribution in [2.24, 2.45) is 0 Å². The topological polar surface area (TPSA) is 12.0 Å². The first-order valence-electron chi connectivity index (χ1n) is 10.7. The smallest absolute Gasteiger partial charge is 0.0285 e. The van der Waals surface area contributed by atoms with Crippen LogP contribution in [-0.4, -0.2) is 11.1 Å². The van der Waals surface area contributed by atoms with E-state index in [0.29, 0.717) is 0 Å². The van der Waals surface area contributed by atoms with Crippen molar-refractivity contribution in [1.29, 1.82) is 0 Å². The van der Waals surface area contributed by atoms with Crippen molar-refractivity contribution in [3.63, 3.8) is 0 Å². The zero-order valence-electron chi connectivity index (χ0n) is 21.2. The van der Waals surface area contributed by atoms with Crippen LogP contribution in [0.15, 0.2) is 0 Å². The molecule has 1 heteroatoms. The van der Waals surface area contributed by atoms with Crippen LogP contribution in [0.3, 0.4) is 0 Å². The fraction of sp³-hybridized carbons (Fsp3) is 1.00. The minimum absolute atomic E-state index is 1.52. The molecule has 0 saturated carbocycles. The summed E-state index contributed by atoms with van der Waals surface area (Å²) in [5.74, 6) is 0. The number of hydrogen-bond donors (Lipinski definition) is 1. The maximum atomic E-state index is 7.96. The molecule has 0 spiro atoms. The molecule has 1 saturated heterocycles. The third kappa shape index (κ3) is 1.98. The molecule has 10 heavy (non-hydrogen) atoms. The molecule has 0 aromatic carbocycles. The highest BCUT2D eigenvalue weighted by molar-refractivity contribution is 4.92. The zero-order valence-corrected chi connectivity index (χ0v) is 5.21. The van der Waals surface area contributed by atoms with Crippen LogP contribution >= 0.6 is 0 Å². The van der Waals surface area contributed by atoms with Crippen molar-refractivity contribution >= 4 is 0 Å². The molecule has 0 radical (unpaired) electrons. The van der Waals surface area contributed by atoms with Crippen molar-refractivity contribution in [1.82, 2.24) is 5.32 Å². The van der Waals surface area contributed by atoms with Crippen LogP contribution in [0.2, 0.25) is 0 Å². The van der Waals surface area contributed by atoms with Gasteiger partial charge in [0.15, 0.2) is 0 Å². The summed E-state index contributed by atoms with van der Waals surface area (Å²) in [7, 11) is 0. The number of rotatable bonds is 0. The van der Waals surface area contributed by atoms with E-state index in [1.165, 1.54) is 5.32 Å². The Balaban J connectivity index is 4.06. The molecular weight excluding hydrogens is 122 g/mol. The highest BCUT2D eigenvalue weighted by atomic mass is 15.0. The Kier molecular flexibility index (Phi) is 0.264. The standard InChI is InChI=1S/C9H19N/c1-8(2)6-5-7-9(3,4)10-8/h10H,5-7H2,1-4H3/i1D3,2D3,3D3,4D3,6D2,7D2. The lowest BCUT2D eigenvalue weighted by Crippen LogP contribution is -2.55. The van der Waals surface area contributed by atoms with Crippen LogP contribution in [0.4, 0.5) is 0 Å². The van der Waals surface area contributed by atoms with Gasteiger partial charge in [-0.1, -0.05) is 0 Å². The molecule has 1 fully saturated rings. The molecule has 1 aliphatic heterocycles. The van der Waals surface area contributed by atoms with Gasteiger partial charge in [-0.05, 0) is 46.6 Å². The fourth-order valence-electron chi connectivity index (χ4n) is 0.679. The van der Waals surface area contributed by atoms with Gasteiger partial charge in [0.2, 0.25) is 0 Å². The van der Waals surface area contributed by atoms with Crippen LogP contribution in [-0.2, 0) is 0 Å². The molecule has 0 aromatic heterocycles. The van der Waals surface area contributed by atoms with E-state index in [9.17, 15) is 0 Å². The lowest BCUT2D eigenvalue weighted by atomic mass is 9.83. The second-order valence-corrected chi connectivity index (χ2v) is 2.16. The average Bonchev–Trinajstić information content (AvgIpc) is 2.17. The molecular formula is C9H19N. The summed E-state index contributed by atoms with van der Waals surface area (Å²) >= 11 is 0. The van der Waals surface area contributed by atoms with E-state index in [1.807, 2.05) is 0 Å². The van der Waals surface area contributed by atoms with Crippen molar-refractivity contribution in [3.8, 4) is 0 Å². The second-order valence-electron chi connectivity index (χ2n) is 2.16. The summed E-state index contributed by atoms with van der Waals surface area (Å²) in [4.78, 5) is 0. The number of piperidine rings is 1. The Labute approximate surface area is 86.7 Å². The summed E-state index contributed by atoms with van der Waals surface area (Å²) in [6, 6.07) is 0. The van der Waals surface area contributed by atoms with Gasteiger partial charge in [-0.3, -0.25) is 0 Å². The van der Waals surface area contributed by atoms with E-state index in [-0.39, 0.29) is 0 Å². The Morgan fingerprint density at radius 1 is 1.20 bits per heavy atom. The quantitative estimate of drug-likeness (QED) is 0.569. The molecule has 1 rings (SSSR count). The first-order chi connectivity index (χ1) is 10.9. The average molecular weight is 157 g/mol. The predicted octanol–water partition coefficient (Wildman–Crippen LogP) is 2.32. The molecule has 0 amide bonds. The zero-order chi connectivity index (χ0) is 21.4. The summed E-state index contributed by atoms with van der Waals surface area (Å²) in [6.45, 7) is -14.9. The first kappa shape index (κ1) is 1.19. The van der Waals surface area contributed by atoms with E-state index < -0.39 is 57.7 Å². The predicted molar refractivity (Wildman–Crippen MR) is 45.1 cm³/mol. The maximum Gasteiger partial charge on any atom is 0.0285 e. The SMILES string of the molecule is [2H]C([2H])([2H])C1(C([2H])([2H])[2H])NC(C([2H])([2H])[2H])(C([2H])([2H])[2H])C([2H])([2H])CC1([2H])[2H]. The minimum Gasteiger partial charge on any atom is -0.307 e. The summed E-state index contributed by atoms with van der Waals surface area (Å²) in [5, 5.41) is 1.52. The van der Waals surface area contributed by atoms with Crippen LogP contribution in [0, 0.1) is 0 Å². The van der Waals surface area contributed by atoms with Crippen LogP contribution in [0.25, 0.3) is 0 Å². The van der Waals surface area contributed by atoms with Gasteiger partial charge in [0.1, 0.15) is 0 Å². The molecule has 0 atom stereocenters. The lowest BCUT2D eigenvalue weighted by Gasteiger charge is -2.42. The minimum atomic E-state index is -3.72. The molecule has 1 nitrogen and oxygen atoms in total. The lowest BCUT2D eigenvalue weighted by molar-refractivity contribution is 0.183. The van der Waals surface area contributed by atoms with Gasteiger partial charge < -0.3 is 5.32 Å². The third-order valence-electron chi connectivity index (χ3n) is 1.08. The van der Waals surface area contributed by atoms with Crippen LogP contribution in [0.5, 0.6) is 0 Å². The molecule has 0 bridgehead atoms. The largest absolute Gasteiger partial charge is 0.307 e. The molecule has 0 unspecified atom stereocenters. The molecule has 1 heterocycles. The molecule has 0 aliphatic carbocycles. The summed E-state index contributed by atoms with van der Waals surface area (Å²) in [6.07, 6.45) is -8.21. The van der Waals surface area contributed by atoms with Gasteiger partial charge in [0, 0.05) is 33.0 Å². The Morgan fingerprint density at radius 2 is 1.70 bits per heavy atom. The van der Waals surface area contributed by atoms with Gasteiger partial charge in [-0.25, -0.2) is 0 Å². The fourth-order valence-corrected chi connectivity index (χ4v) is 0.679. The van der Waals surface area contributed by atoms with Crippen molar-refractivity contribution in [2.45, 2.75) is 57.7 Å².